The van der Waals surface area contributed by atoms with Crippen LogP contribution in [0.4, 0.5) is 0 Å². The number of aromatic nitrogens is 5. The Morgan fingerprint density at radius 2 is 2.19 bits per heavy atom. The van der Waals surface area contributed by atoms with Crippen LogP contribution in [0.3, 0.4) is 0 Å². The highest BCUT2D eigenvalue weighted by molar-refractivity contribution is 6.05. The monoisotopic (exact) mass is 352 g/mol. The van der Waals surface area contributed by atoms with Crippen LogP contribution in [0.2, 0.25) is 0 Å². The number of amides is 1. The fraction of sp³-hybridized carbons (Fsp3) is 0.474. The summed E-state index contributed by atoms with van der Waals surface area (Å²) in [6.07, 6.45) is 9.42. The first-order valence-corrected chi connectivity index (χ1v) is 9.16. The van der Waals surface area contributed by atoms with Crippen LogP contribution in [0.1, 0.15) is 54.8 Å². The lowest BCUT2D eigenvalue weighted by atomic mass is 10.0. The molecule has 0 N–H and O–H groups in total. The van der Waals surface area contributed by atoms with Gasteiger partial charge in [0.25, 0.3) is 5.91 Å². The molecule has 4 heterocycles. The van der Waals surface area contributed by atoms with Crippen LogP contribution in [0.5, 0.6) is 0 Å². The number of likely N-dealkylation sites (tertiary alicyclic amines) is 1. The average Bonchev–Trinajstić information content (AvgIpc) is 3.30. The normalized spacial score (nSPS) is 18.0. The molecule has 1 aliphatic heterocycles. The SMILES string of the molecule is Cc1cc(C(=O)N2CCCC(n3ccnc3)C2)c2cnn(C(C)C)c2n1. The van der Waals surface area contributed by atoms with Gasteiger partial charge in [-0.05, 0) is 39.7 Å². The number of aryl methyl sites for hydroxylation is 1. The third-order valence-electron chi connectivity index (χ3n) is 5.04. The molecule has 1 amide bonds. The van der Waals surface area contributed by atoms with Gasteiger partial charge in [-0.15, -0.1) is 0 Å². The minimum Gasteiger partial charge on any atom is -0.337 e. The summed E-state index contributed by atoms with van der Waals surface area (Å²) in [7, 11) is 0. The van der Waals surface area contributed by atoms with Crippen molar-refractivity contribution in [1.82, 2.24) is 29.2 Å². The number of fused-ring (bicyclic) bond motifs is 1. The molecule has 0 bridgehead atoms. The summed E-state index contributed by atoms with van der Waals surface area (Å²) in [4.78, 5) is 24.0. The van der Waals surface area contributed by atoms with E-state index in [1.807, 2.05) is 35.1 Å². The van der Waals surface area contributed by atoms with E-state index in [-0.39, 0.29) is 18.0 Å². The van der Waals surface area contributed by atoms with E-state index >= 15 is 0 Å². The van der Waals surface area contributed by atoms with Gasteiger partial charge in [-0.3, -0.25) is 4.79 Å². The maximum absolute atomic E-state index is 13.3. The first-order chi connectivity index (χ1) is 12.5. The number of hydrogen-bond donors (Lipinski definition) is 0. The molecule has 136 valence electrons. The molecule has 26 heavy (non-hydrogen) atoms. The maximum Gasteiger partial charge on any atom is 0.254 e. The molecule has 3 aromatic rings. The van der Waals surface area contributed by atoms with Crippen molar-refractivity contribution in [3.63, 3.8) is 0 Å². The van der Waals surface area contributed by atoms with Crippen LogP contribution in [-0.2, 0) is 0 Å². The van der Waals surface area contributed by atoms with E-state index in [0.29, 0.717) is 12.1 Å². The Kier molecular flexibility index (Phi) is 4.22. The highest BCUT2D eigenvalue weighted by Crippen LogP contribution is 2.26. The first-order valence-electron chi connectivity index (χ1n) is 9.16. The molecule has 0 aliphatic carbocycles. The van der Waals surface area contributed by atoms with Crippen LogP contribution in [0, 0.1) is 6.92 Å². The van der Waals surface area contributed by atoms with Crippen LogP contribution >= 0.6 is 0 Å². The first kappa shape index (κ1) is 16.8. The molecule has 7 heteroatoms. The molecule has 3 aromatic heterocycles. The molecule has 0 spiro atoms. The Bertz CT molecular complexity index is 927. The van der Waals surface area contributed by atoms with Gasteiger partial charge < -0.3 is 9.47 Å². The molecule has 0 aromatic carbocycles. The molecular weight excluding hydrogens is 328 g/mol. The van der Waals surface area contributed by atoms with Gasteiger partial charge in [0, 0.05) is 37.2 Å². The zero-order valence-corrected chi connectivity index (χ0v) is 15.5. The molecule has 7 nitrogen and oxygen atoms in total. The Morgan fingerprint density at radius 3 is 2.92 bits per heavy atom. The van der Waals surface area contributed by atoms with Gasteiger partial charge in [0.05, 0.1) is 29.5 Å². The van der Waals surface area contributed by atoms with Crippen molar-refractivity contribution in [2.24, 2.45) is 0 Å². The van der Waals surface area contributed by atoms with Crippen molar-refractivity contribution in [2.45, 2.75) is 45.7 Å². The quantitative estimate of drug-likeness (QED) is 0.727. The predicted octanol–water partition coefficient (Wildman–Crippen LogP) is 2.99. The van der Waals surface area contributed by atoms with Crippen molar-refractivity contribution < 1.29 is 4.79 Å². The van der Waals surface area contributed by atoms with E-state index in [9.17, 15) is 4.79 Å². The zero-order chi connectivity index (χ0) is 18.3. The Labute approximate surface area is 152 Å². The summed E-state index contributed by atoms with van der Waals surface area (Å²) >= 11 is 0. The number of nitrogens with zero attached hydrogens (tertiary/aromatic N) is 6. The zero-order valence-electron chi connectivity index (χ0n) is 15.5. The van der Waals surface area contributed by atoms with Gasteiger partial charge in [-0.2, -0.15) is 5.10 Å². The number of piperidine rings is 1. The van der Waals surface area contributed by atoms with Crippen molar-refractivity contribution >= 4 is 16.9 Å². The summed E-state index contributed by atoms with van der Waals surface area (Å²) < 4.78 is 3.98. The van der Waals surface area contributed by atoms with E-state index < -0.39 is 0 Å². The summed E-state index contributed by atoms with van der Waals surface area (Å²) in [6, 6.07) is 2.37. The average molecular weight is 352 g/mol. The van der Waals surface area contributed by atoms with E-state index in [2.05, 4.69) is 33.5 Å². The largest absolute Gasteiger partial charge is 0.337 e. The molecule has 0 radical (unpaired) electrons. The second-order valence-electron chi connectivity index (χ2n) is 7.29. The van der Waals surface area contributed by atoms with Crippen LogP contribution < -0.4 is 0 Å². The van der Waals surface area contributed by atoms with E-state index in [1.165, 1.54) is 0 Å². The van der Waals surface area contributed by atoms with E-state index in [4.69, 9.17) is 0 Å². The highest BCUT2D eigenvalue weighted by Gasteiger charge is 2.27. The summed E-state index contributed by atoms with van der Waals surface area (Å²) in [5.41, 5.74) is 2.32. The van der Waals surface area contributed by atoms with Gasteiger partial charge >= 0.3 is 0 Å². The smallest absolute Gasteiger partial charge is 0.254 e. The Morgan fingerprint density at radius 1 is 1.35 bits per heavy atom. The number of carbonyl (C=O) groups excluding carboxylic acids is 1. The molecule has 1 unspecified atom stereocenters. The molecule has 1 fully saturated rings. The molecule has 1 saturated heterocycles. The van der Waals surface area contributed by atoms with Gasteiger partial charge in [0.2, 0.25) is 0 Å². The minimum atomic E-state index is 0.0635. The topological polar surface area (TPSA) is 68.8 Å². The number of imidazole rings is 1. The lowest BCUT2D eigenvalue weighted by molar-refractivity contribution is 0.0681. The molecule has 4 rings (SSSR count). The second-order valence-corrected chi connectivity index (χ2v) is 7.29. The summed E-state index contributed by atoms with van der Waals surface area (Å²) in [6.45, 7) is 7.55. The van der Waals surface area contributed by atoms with Crippen LogP contribution in [-0.4, -0.2) is 48.2 Å². The Balaban J connectivity index is 1.67. The summed E-state index contributed by atoms with van der Waals surface area (Å²) in [5.74, 6) is 0.0635. The third-order valence-corrected chi connectivity index (χ3v) is 5.04. The maximum atomic E-state index is 13.3. The third kappa shape index (κ3) is 2.87. The summed E-state index contributed by atoms with van der Waals surface area (Å²) in [5, 5.41) is 5.28. The van der Waals surface area contributed by atoms with E-state index in [0.717, 1.165) is 36.1 Å². The lowest BCUT2D eigenvalue weighted by Gasteiger charge is -2.33. The predicted molar refractivity (Wildman–Crippen MR) is 99.1 cm³/mol. The standard InChI is InChI=1S/C19H24N6O/c1-13(2)25-18-17(10-21-25)16(9-14(3)22-18)19(26)23-7-4-5-15(11-23)24-8-6-20-12-24/h6,8-10,12-13,15H,4-5,7,11H2,1-3H3. The molecular formula is C19H24N6O. The van der Waals surface area contributed by atoms with E-state index in [1.54, 1.807) is 12.4 Å². The van der Waals surface area contributed by atoms with Gasteiger partial charge in [0.1, 0.15) is 0 Å². The fourth-order valence-corrected chi connectivity index (χ4v) is 3.74. The minimum absolute atomic E-state index is 0.0635. The van der Waals surface area contributed by atoms with Crippen LogP contribution in [0.25, 0.3) is 11.0 Å². The van der Waals surface area contributed by atoms with Crippen molar-refractivity contribution in [3.8, 4) is 0 Å². The lowest BCUT2D eigenvalue weighted by Crippen LogP contribution is -2.40. The van der Waals surface area contributed by atoms with Gasteiger partial charge in [-0.25, -0.2) is 14.6 Å². The van der Waals surface area contributed by atoms with Crippen LogP contribution in [0.15, 0.2) is 31.0 Å². The van der Waals surface area contributed by atoms with Crippen molar-refractivity contribution in [3.05, 3.63) is 42.2 Å². The molecule has 1 aliphatic rings. The number of rotatable bonds is 3. The van der Waals surface area contributed by atoms with Crippen molar-refractivity contribution in [1.29, 1.82) is 0 Å². The molecule has 1 atom stereocenters. The number of carbonyl (C=O) groups is 1. The fourth-order valence-electron chi connectivity index (χ4n) is 3.74. The van der Waals surface area contributed by atoms with Gasteiger partial charge in [-0.1, -0.05) is 0 Å². The van der Waals surface area contributed by atoms with Crippen molar-refractivity contribution in [2.75, 3.05) is 13.1 Å². The molecule has 0 saturated carbocycles. The second kappa shape index (κ2) is 6.55. The number of hydrogen-bond acceptors (Lipinski definition) is 4. The highest BCUT2D eigenvalue weighted by atomic mass is 16.2. The van der Waals surface area contributed by atoms with Gasteiger partial charge in [0.15, 0.2) is 5.65 Å². The number of pyridine rings is 1. The Hall–Kier alpha value is -2.70.